The van der Waals surface area contributed by atoms with Crippen molar-refractivity contribution in [3.05, 3.63) is 53.1 Å². The van der Waals surface area contributed by atoms with Gasteiger partial charge in [0.1, 0.15) is 16.6 Å². The highest BCUT2D eigenvalue weighted by atomic mass is 35.5. The molecule has 1 aromatic heterocycles. The maximum Gasteiger partial charge on any atom is 0.173 e. The van der Waals surface area contributed by atoms with E-state index in [0.29, 0.717) is 11.3 Å². The maximum atomic E-state index is 9.52. The number of phenols is 1. The number of hydrogen-bond acceptors (Lipinski definition) is 5. The Labute approximate surface area is 114 Å². The lowest BCUT2D eigenvalue weighted by Gasteiger charge is -1.97. The molecule has 0 aliphatic heterocycles. The fourth-order valence-electron chi connectivity index (χ4n) is 1.27. The third-order valence-electron chi connectivity index (χ3n) is 2.17. The Morgan fingerprint density at radius 1 is 1.32 bits per heavy atom. The topological polar surface area (TPSA) is 96.8 Å². The highest BCUT2D eigenvalue weighted by Gasteiger charge is 2.01. The molecule has 0 aliphatic rings. The van der Waals surface area contributed by atoms with Crippen LogP contribution in [0.1, 0.15) is 11.3 Å². The number of phenolic OH excluding ortho intramolecular Hbond substituents is 1. The summed E-state index contributed by atoms with van der Waals surface area (Å²) >= 11 is 5.68. The SMILES string of the molecule is NC(=NN=Cc1ccccc1O)c1cncc(Cl)n1. The van der Waals surface area contributed by atoms with E-state index in [1.807, 2.05) is 0 Å². The van der Waals surface area contributed by atoms with Crippen molar-refractivity contribution in [1.29, 1.82) is 0 Å². The summed E-state index contributed by atoms with van der Waals surface area (Å²) in [5, 5.41) is 17.3. The van der Waals surface area contributed by atoms with Crippen LogP contribution in [0.2, 0.25) is 5.15 Å². The molecular weight excluding hydrogens is 266 g/mol. The Morgan fingerprint density at radius 3 is 2.84 bits per heavy atom. The third-order valence-corrected chi connectivity index (χ3v) is 2.35. The van der Waals surface area contributed by atoms with Gasteiger partial charge in [0.05, 0.1) is 18.6 Å². The van der Waals surface area contributed by atoms with Gasteiger partial charge in [0, 0.05) is 5.56 Å². The number of rotatable bonds is 3. The molecule has 7 heteroatoms. The van der Waals surface area contributed by atoms with Crippen molar-refractivity contribution in [1.82, 2.24) is 9.97 Å². The zero-order chi connectivity index (χ0) is 13.7. The average molecular weight is 276 g/mol. The summed E-state index contributed by atoms with van der Waals surface area (Å²) in [6.07, 6.45) is 4.21. The van der Waals surface area contributed by atoms with E-state index in [2.05, 4.69) is 20.2 Å². The first-order chi connectivity index (χ1) is 9.16. The van der Waals surface area contributed by atoms with Crippen LogP contribution in [0, 0.1) is 0 Å². The predicted octanol–water partition coefficient (Wildman–Crippen LogP) is 1.57. The van der Waals surface area contributed by atoms with E-state index in [9.17, 15) is 5.11 Å². The zero-order valence-electron chi connectivity index (χ0n) is 9.73. The molecule has 0 radical (unpaired) electrons. The van der Waals surface area contributed by atoms with Crippen LogP contribution in [0.5, 0.6) is 5.75 Å². The monoisotopic (exact) mass is 275 g/mol. The van der Waals surface area contributed by atoms with Gasteiger partial charge in [-0.2, -0.15) is 5.10 Å². The molecular formula is C12H10ClN5O. The zero-order valence-corrected chi connectivity index (χ0v) is 10.5. The second-order valence-corrected chi connectivity index (χ2v) is 3.90. The van der Waals surface area contributed by atoms with Crippen LogP contribution in [-0.2, 0) is 0 Å². The summed E-state index contributed by atoms with van der Waals surface area (Å²) in [6, 6.07) is 6.74. The molecule has 0 spiro atoms. The van der Waals surface area contributed by atoms with Gasteiger partial charge in [-0.25, -0.2) is 4.98 Å². The largest absolute Gasteiger partial charge is 0.507 e. The summed E-state index contributed by atoms with van der Waals surface area (Å²) < 4.78 is 0. The van der Waals surface area contributed by atoms with Crippen LogP contribution < -0.4 is 5.73 Å². The van der Waals surface area contributed by atoms with Gasteiger partial charge in [-0.15, -0.1) is 5.10 Å². The molecule has 6 nitrogen and oxygen atoms in total. The molecule has 2 rings (SSSR count). The maximum absolute atomic E-state index is 9.52. The Kier molecular flexibility index (Phi) is 4.04. The van der Waals surface area contributed by atoms with E-state index < -0.39 is 0 Å². The number of halogens is 1. The lowest BCUT2D eigenvalue weighted by Crippen LogP contribution is -2.15. The first kappa shape index (κ1) is 13.0. The van der Waals surface area contributed by atoms with E-state index >= 15 is 0 Å². The standard InChI is InChI=1S/C12H10ClN5O/c13-11-7-15-6-9(17-11)12(14)18-16-5-8-3-1-2-4-10(8)19/h1-7,19H,(H2,14,18). The van der Waals surface area contributed by atoms with Crippen molar-refractivity contribution < 1.29 is 5.11 Å². The second kappa shape index (κ2) is 5.92. The van der Waals surface area contributed by atoms with E-state index in [0.717, 1.165) is 0 Å². The Bertz CT molecular complexity index is 642. The van der Waals surface area contributed by atoms with Crippen molar-refractivity contribution >= 4 is 23.7 Å². The number of para-hydroxylation sites is 1. The molecule has 19 heavy (non-hydrogen) atoms. The number of amidine groups is 1. The number of nitrogens with zero attached hydrogens (tertiary/aromatic N) is 4. The number of benzene rings is 1. The normalized spacial score (nSPS) is 11.9. The predicted molar refractivity (Wildman–Crippen MR) is 73.5 cm³/mol. The number of aromatic nitrogens is 2. The average Bonchev–Trinajstić information content (AvgIpc) is 2.41. The Morgan fingerprint density at radius 2 is 2.11 bits per heavy atom. The summed E-state index contributed by atoms with van der Waals surface area (Å²) in [5.41, 5.74) is 6.55. The van der Waals surface area contributed by atoms with Gasteiger partial charge in [0.25, 0.3) is 0 Å². The van der Waals surface area contributed by atoms with Crippen molar-refractivity contribution in [3.63, 3.8) is 0 Å². The molecule has 1 heterocycles. The second-order valence-electron chi connectivity index (χ2n) is 3.52. The van der Waals surface area contributed by atoms with Crippen molar-refractivity contribution in [2.24, 2.45) is 15.9 Å². The van der Waals surface area contributed by atoms with E-state index in [1.165, 1.54) is 18.6 Å². The molecule has 3 N–H and O–H groups in total. The van der Waals surface area contributed by atoms with Crippen LogP contribution >= 0.6 is 11.6 Å². The molecule has 96 valence electrons. The lowest BCUT2D eigenvalue weighted by atomic mass is 10.2. The molecule has 0 fully saturated rings. The molecule has 0 amide bonds. The first-order valence-electron chi connectivity index (χ1n) is 5.29. The van der Waals surface area contributed by atoms with Crippen LogP contribution in [0.4, 0.5) is 0 Å². The first-order valence-corrected chi connectivity index (χ1v) is 5.67. The minimum Gasteiger partial charge on any atom is -0.507 e. The summed E-state index contributed by atoms with van der Waals surface area (Å²) in [6.45, 7) is 0. The molecule has 0 aliphatic carbocycles. The summed E-state index contributed by atoms with van der Waals surface area (Å²) in [7, 11) is 0. The van der Waals surface area contributed by atoms with Gasteiger partial charge in [0.15, 0.2) is 5.84 Å². The van der Waals surface area contributed by atoms with Crippen LogP contribution in [0.3, 0.4) is 0 Å². The van der Waals surface area contributed by atoms with Gasteiger partial charge < -0.3 is 10.8 Å². The van der Waals surface area contributed by atoms with Gasteiger partial charge >= 0.3 is 0 Å². The lowest BCUT2D eigenvalue weighted by molar-refractivity contribution is 0.474. The Hall–Kier alpha value is -2.47. The molecule has 0 bridgehead atoms. The number of hydrogen-bond donors (Lipinski definition) is 2. The van der Waals surface area contributed by atoms with Gasteiger partial charge in [-0.05, 0) is 12.1 Å². The summed E-state index contributed by atoms with van der Waals surface area (Å²) in [4.78, 5) is 7.78. The van der Waals surface area contributed by atoms with Crippen LogP contribution in [0.25, 0.3) is 0 Å². The number of aromatic hydroxyl groups is 1. The van der Waals surface area contributed by atoms with E-state index in [4.69, 9.17) is 17.3 Å². The van der Waals surface area contributed by atoms with E-state index in [1.54, 1.807) is 24.3 Å². The fraction of sp³-hybridized carbons (Fsp3) is 0. The van der Waals surface area contributed by atoms with Crippen molar-refractivity contribution in [2.45, 2.75) is 0 Å². The summed E-state index contributed by atoms with van der Waals surface area (Å²) in [5.74, 6) is 0.198. The molecule has 2 aromatic rings. The van der Waals surface area contributed by atoms with Crippen molar-refractivity contribution in [3.8, 4) is 5.75 Å². The smallest absolute Gasteiger partial charge is 0.173 e. The molecule has 1 aromatic carbocycles. The Balaban J connectivity index is 2.17. The van der Waals surface area contributed by atoms with Gasteiger partial charge in [-0.3, -0.25) is 4.98 Å². The highest BCUT2D eigenvalue weighted by Crippen LogP contribution is 2.12. The van der Waals surface area contributed by atoms with Gasteiger partial charge in [-0.1, -0.05) is 23.7 Å². The third kappa shape index (κ3) is 3.49. The highest BCUT2D eigenvalue weighted by molar-refractivity contribution is 6.29. The van der Waals surface area contributed by atoms with Gasteiger partial charge in [0.2, 0.25) is 0 Å². The fourth-order valence-corrected chi connectivity index (χ4v) is 1.41. The van der Waals surface area contributed by atoms with Crippen molar-refractivity contribution in [2.75, 3.05) is 0 Å². The molecule has 0 saturated heterocycles. The quantitative estimate of drug-likeness (QED) is 0.505. The van der Waals surface area contributed by atoms with E-state index in [-0.39, 0.29) is 16.7 Å². The minimum absolute atomic E-state index is 0.0849. The van der Waals surface area contributed by atoms with Crippen LogP contribution in [-0.4, -0.2) is 27.1 Å². The molecule has 0 saturated carbocycles. The minimum atomic E-state index is 0.0849. The molecule has 0 atom stereocenters. The molecule has 0 unspecified atom stereocenters. The van der Waals surface area contributed by atoms with Crippen LogP contribution in [0.15, 0.2) is 46.9 Å². The number of nitrogens with two attached hydrogens (primary N) is 1.